The Labute approximate surface area is 109 Å². The fraction of sp³-hybridized carbons (Fsp3) is 0.133. The molecule has 2 N–H and O–H groups in total. The molecule has 0 amide bonds. The maximum atomic E-state index is 11.9. The second-order valence-corrected chi connectivity index (χ2v) is 4.17. The smallest absolute Gasteiger partial charge is 0.340 e. The minimum atomic E-state index is -0.491. The van der Waals surface area contributed by atoms with Gasteiger partial charge >= 0.3 is 5.63 Å². The molecule has 0 bridgehead atoms. The molecule has 0 saturated carbocycles. The van der Waals surface area contributed by atoms with E-state index in [1.807, 2.05) is 0 Å². The fourth-order valence-electron chi connectivity index (χ4n) is 2.13. The molecule has 4 heteroatoms. The number of benzene rings is 1. The molecule has 0 fully saturated rings. The lowest BCUT2D eigenvalue weighted by molar-refractivity contribution is 0.450. The molecule has 0 aliphatic carbocycles. The Morgan fingerprint density at radius 1 is 1.11 bits per heavy atom. The van der Waals surface area contributed by atoms with Crippen LogP contribution in [0.2, 0.25) is 0 Å². The number of allylic oxidation sites excluding steroid dienone is 2. The fourth-order valence-corrected chi connectivity index (χ4v) is 2.13. The average Bonchev–Trinajstić information content (AvgIpc) is 2.33. The zero-order chi connectivity index (χ0) is 14.0. The van der Waals surface area contributed by atoms with Crippen LogP contribution >= 0.6 is 0 Å². The van der Waals surface area contributed by atoms with E-state index in [0.29, 0.717) is 29.4 Å². The number of phenols is 2. The molecule has 1 aromatic carbocycles. The Morgan fingerprint density at radius 3 is 2.37 bits per heavy atom. The van der Waals surface area contributed by atoms with Gasteiger partial charge in [0.05, 0.1) is 5.39 Å². The van der Waals surface area contributed by atoms with Gasteiger partial charge in [-0.15, -0.1) is 13.2 Å². The van der Waals surface area contributed by atoms with Gasteiger partial charge in [-0.1, -0.05) is 12.2 Å². The number of hydrogen-bond donors (Lipinski definition) is 2. The van der Waals surface area contributed by atoms with E-state index in [-0.39, 0.29) is 17.1 Å². The van der Waals surface area contributed by atoms with Crippen LogP contribution in [0.4, 0.5) is 0 Å². The van der Waals surface area contributed by atoms with E-state index in [2.05, 4.69) is 13.2 Å². The maximum absolute atomic E-state index is 11.9. The Balaban J connectivity index is 2.93. The van der Waals surface area contributed by atoms with Crippen LogP contribution in [-0.4, -0.2) is 10.2 Å². The minimum Gasteiger partial charge on any atom is -0.508 e. The molecule has 98 valence electrons. The SMILES string of the molecule is C=CCc1c(CC=C)c2c(O)cc(O)cc2oc1=O. The van der Waals surface area contributed by atoms with Crippen LogP contribution in [0.5, 0.6) is 11.5 Å². The monoisotopic (exact) mass is 258 g/mol. The first kappa shape index (κ1) is 13.0. The Kier molecular flexibility index (Phi) is 3.42. The van der Waals surface area contributed by atoms with E-state index in [0.717, 1.165) is 0 Å². The van der Waals surface area contributed by atoms with E-state index in [1.165, 1.54) is 12.1 Å². The van der Waals surface area contributed by atoms with Crippen molar-refractivity contribution in [2.45, 2.75) is 12.8 Å². The van der Waals surface area contributed by atoms with Crippen molar-refractivity contribution in [3.63, 3.8) is 0 Å². The van der Waals surface area contributed by atoms with Crippen molar-refractivity contribution in [1.29, 1.82) is 0 Å². The van der Waals surface area contributed by atoms with Crippen molar-refractivity contribution in [2.24, 2.45) is 0 Å². The van der Waals surface area contributed by atoms with Crippen molar-refractivity contribution in [2.75, 3.05) is 0 Å². The molecule has 4 nitrogen and oxygen atoms in total. The summed E-state index contributed by atoms with van der Waals surface area (Å²) in [5, 5.41) is 19.8. The predicted molar refractivity (Wildman–Crippen MR) is 73.6 cm³/mol. The van der Waals surface area contributed by atoms with E-state index in [9.17, 15) is 15.0 Å². The molecule has 0 spiro atoms. The number of rotatable bonds is 4. The normalized spacial score (nSPS) is 10.5. The van der Waals surface area contributed by atoms with Gasteiger partial charge in [0.25, 0.3) is 0 Å². The summed E-state index contributed by atoms with van der Waals surface area (Å²) in [7, 11) is 0. The van der Waals surface area contributed by atoms with Crippen LogP contribution in [0.25, 0.3) is 11.0 Å². The standard InChI is InChI=1S/C15H14O4/c1-3-5-10-11(6-4-2)15(18)19-13-8-9(16)7-12(17)14(10)13/h3-4,7-8,16-17H,1-2,5-6H2. The van der Waals surface area contributed by atoms with Crippen LogP contribution in [0.1, 0.15) is 11.1 Å². The summed E-state index contributed by atoms with van der Waals surface area (Å²) in [5.74, 6) is -0.282. The molecular formula is C15H14O4. The lowest BCUT2D eigenvalue weighted by Crippen LogP contribution is -2.11. The van der Waals surface area contributed by atoms with Crippen molar-refractivity contribution in [3.8, 4) is 11.5 Å². The first-order valence-electron chi connectivity index (χ1n) is 5.80. The van der Waals surface area contributed by atoms with Crippen molar-refractivity contribution in [1.82, 2.24) is 0 Å². The summed E-state index contributed by atoms with van der Waals surface area (Å²) in [5.41, 5.74) is 0.767. The van der Waals surface area contributed by atoms with E-state index in [4.69, 9.17) is 4.42 Å². The van der Waals surface area contributed by atoms with Crippen LogP contribution in [-0.2, 0) is 12.8 Å². The third-order valence-corrected chi connectivity index (χ3v) is 2.88. The van der Waals surface area contributed by atoms with Gasteiger partial charge in [-0.25, -0.2) is 4.79 Å². The van der Waals surface area contributed by atoms with Gasteiger partial charge in [-0.05, 0) is 18.4 Å². The molecule has 1 aromatic heterocycles. The summed E-state index contributed by atoms with van der Waals surface area (Å²) in [4.78, 5) is 11.9. The molecule has 0 atom stereocenters. The molecule has 2 rings (SSSR count). The van der Waals surface area contributed by atoms with E-state index < -0.39 is 5.63 Å². The molecule has 19 heavy (non-hydrogen) atoms. The lowest BCUT2D eigenvalue weighted by atomic mass is 9.98. The second-order valence-electron chi connectivity index (χ2n) is 4.17. The number of hydrogen-bond acceptors (Lipinski definition) is 4. The molecule has 0 saturated heterocycles. The lowest BCUT2D eigenvalue weighted by Gasteiger charge is -2.10. The summed E-state index contributed by atoms with van der Waals surface area (Å²) in [6.45, 7) is 7.26. The Hall–Kier alpha value is -2.49. The zero-order valence-corrected chi connectivity index (χ0v) is 10.3. The van der Waals surface area contributed by atoms with Gasteiger partial charge in [0.1, 0.15) is 17.1 Å². The highest BCUT2D eigenvalue weighted by molar-refractivity contribution is 5.89. The molecular weight excluding hydrogens is 244 g/mol. The third kappa shape index (κ3) is 2.25. The molecule has 0 unspecified atom stereocenters. The third-order valence-electron chi connectivity index (χ3n) is 2.88. The predicted octanol–water partition coefficient (Wildman–Crippen LogP) is 2.66. The van der Waals surface area contributed by atoms with Gasteiger partial charge in [0.15, 0.2) is 0 Å². The molecule has 1 heterocycles. The van der Waals surface area contributed by atoms with Crippen molar-refractivity contribution >= 4 is 11.0 Å². The largest absolute Gasteiger partial charge is 0.508 e. The Bertz CT molecular complexity index is 710. The first-order valence-corrected chi connectivity index (χ1v) is 5.80. The highest BCUT2D eigenvalue weighted by Crippen LogP contribution is 2.33. The van der Waals surface area contributed by atoms with E-state index in [1.54, 1.807) is 12.2 Å². The van der Waals surface area contributed by atoms with E-state index >= 15 is 0 Å². The van der Waals surface area contributed by atoms with Gasteiger partial charge in [0, 0.05) is 17.7 Å². The van der Waals surface area contributed by atoms with Gasteiger partial charge in [0.2, 0.25) is 0 Å². The van der Waals surface area contributed by atoms with Crippen molar-refractivity contribution < 1.29 is 14.6 Å². The van der Waals surface area contributed by atoms with Gasteiger partial charge in [-0.3, -0.25) is 0 Å². The maximum Gasteiger partial charge on any atom is 0.340 e. The van der Waals surface area contributed by atoms with Gasteiger partial charge < -0.3 is 14.6 Å². The van der Waals surface area contributed by atoms with Crippen LogP contribution < -0.4 is 5.63 Å². The summed E-state index contributed by atoms with van der Waals surface area (Å²) in [6, 6.07) is 2.52. The van der Waals surface area contributed by atoms with Gasteiger partial charge in [-0.2, -0.15) is 0 Å². The van der Waals surface area contributed by atoms with Crippen molar-refractivity contribution in [3.05, 3.63) is 59.0 Å². The average molecular weight is 258 g/mol. The molecule has 0 aliphatic heterocycles. The Morgan fingerprint density at radius 2 is 1.74 bits per heavy atom. The first-order chi connectivity index (χ1) is 9.08. The second kappa shape index (κ2) is 5.02. The minimum absolute atomic E-state index is 0.124. The highest BCUT2D eigenvalue weighted by atomic mass is 16.4. The number of aromatic hydroxyl groups is 2. The van der Waals surface area contributed by atoms with Crippen LogP contribution in [0.15, 0.2) is 46.7 Å². The molecule has 0 radical (unpaired) electrons. The summed E-state index contributed by atoms with van der Waals surface area (Å²) in [6.07, 6.45) is 4.01. The van der Waals surface area contributed by atoms with Crippen LogP contribution in [0, 0.1) is 0 Å². The highest BCUT2D eigenvalue weighted by Gasteiger charge is 2.16. The topological polar surface area (TPSA) is 70.7 Å². The molecule has 0 aliphatic rings. The number of fused-ring (bicyclic) bond motifs is 1. The summed E-state index contributed by atoms with van der Waals surface area (Å²) < 4.78 is 5.14. The molecule has 2 aromatic rings. The zero-order valence-electron chi connectivity index (χ0n) is 10.3. The number of phenolic OH excluding ortho intramolecular Hbond substituents is 2. The quantitative estimate of drug-likeness (QED) is 0.653. The summed E-state index contributed by atoms with van der Waals surface area (Å²) >= 11 is 0. The van der Waals surface area contributed by atoms with Crippen LogP contribution in [0.3, 0.4) is 0 Å².